The minimum atomic E-state index is -0.150. The van der Waals surface area contributed by atoms with Crippen LogP contribution in [0.4, 0.5) is 11.4 Å². The summed E-state index contributed by atoms with van der Waals surface area (Å²) < 4.78 is 5.15. The molecule has 0 bridgehead atoms. The number of rotatable bonds is 7. The van der Waals surface area contributed by atoms with Crippen LogP contribution in [0.5, 0.6) is 5.75 Å². The van der Waals surface area contributed by atoms with E-state index in [1.807, 2.05) is 36.4 Å². The van der Waals surface area contributed by atoms with Gasteiger partial charge >= 0.3 is 0 Å². The highest BCUT2D eigenvalue weighted by atomic mass is 32.2. The number of methoxy groups -OCH3 is 1. The molecule has 0 saturated heterocycles. The zero-order valence-electron chi connectivity index (χ0n) is 16.0. The molecule has 0 spiro atoms. The molecule has 0 aliphatic heterocycles. The van der Waals surface area contributed by atoms with Crippen molar-refractivity contribution < 1.29 is 14.3 Å². The Balaban J connectivity index is 1.51. The zero-order chi connectivity index (χ0) is 20.6. The topological polar surface area (TPSA) is 93.2 Å². The Kier molecular flexibility index (Phi) is 6.80. The number of thioether (sulfide) groups is 1. The highest BCUT2D eigenvalue weighted by Crippen LogP contribution is 2.22. The van der Waals surface area contributed by atoms with Gasteiger partial charge in [0.1, 0.15) is 10.8 Å². The first-order valence-corrected chi connectivity index (χ1v) is 9.80. The van der Waals surface area contributed by atoms with Crippen molar-refractivity contribution in [3.63, 3.8) is 0 Å². The molecule has 148 valence electrons. The summed E-state index contributed by atoms with van der Waals surface area (Å²) in [6, 6.07) is 18.2. The van der Waals surface area contributed by atoms with Crippen LogP contribution in [-0.4, -0.2) is 34.9 Å². The van der Waals surface area contributed by atoms with Crippen molar-refractivity contribution in [2.45, 2.75) is 11.9 Å². The first kappa shape index (κ1) is 20.3. The lowest BCUT2D eigenvalue weighted by atomic mass is 10.1. The van der Waals surface area contributed by atoms with Crippen LogP contribution in [0.25, 0.3) is 11.3 Å². The molecule has 0 aliphatic rings. The molecule has 7 nitrogen and oxygen atoms in total. The van der Waals surface area contributed by atoms with Crippen molar-refractivity contribution in [1.82, 2.24) is 10.2 Å². The molecule has 1 heterocycles. The summed E-state index contributed by atoms with van der Waals surface area (Å²) in [4.78, 5) is 23.2. The number of ether oxygens (including phenoxy) is 1. The van der Waals surface area contributed by atoms with E-state index in [0.29, 0.717) is 16.4 Å². The van der Waals surface area contributed by atoms with Crippen molar-refractivity contribution in [2.75, 3.05) is 23.5 Å². The lowest BCUT2D eigenvalue weighted by Gasteiger charge is -2.07. The van der Waals surface area contributed by atoms with E-state index in [0.717, 1.165) is 17.0 Å². The van der Waals surface area contributed by atoms with Gasteiger partial charge in [0.05, 0.1) is 18.6 Å². The number of carbonyl (C=O) groups excluding carboxylic acids is 2. The largest absolute Gasteiger partial charge is 0.497 e. The second kappa shape index (κ2) is 9.70. The van der Waals surface area contributed by atoms with Crippen molar-refractivity contribution in [3.05, 3.63) is 60.7 Å². The zero-order valence-corrected chi connectivity index (χ0v) is 16.8. The summed E-state index contributed by atoms with van der Waals surface area (Å²) in [6.07, 6.45) is 0. The van der Waals surface area contributed by atoms with Crippen molar-refractivity contribution in [1.29, 1.82) is 0 Å². The Labute approximate surface area is 172 Å². The van der Waals surface area contributed by atoms with Gasteiger partial charge in [-0.15, -0.1) is 10.2 Å². The fraction of sp³-hybridized carbons (Fsp3) is 0.143. The Morgan fingerprint density at radius 2 is 1.55 bits per heavy atom. The van der Waals surface area contributed by atoms with Crippen LogP contribution in [0.15, 0.2) is 65.7 Å². The summed E-state index contributed by atoms with van der Waals surface area (Å²) >= 11 is 1.31. The smallest absolute Gasteiger partial charge is 0.234 e. The maximum Gasteiger partial charge on any atom is 0.234 e. The minimum absolute atomic E-state index is 0.141. The number of hydrogen-bond acceptors (Lipinski definition) is 6. The Hall–Kier alpha value is -3.39. The number of benzene rings is 2. The summed E-state index contributed by atoms with van der Waals surface area (Å²) in [7, 11) is 1.62. The van der Waals surface area contributed by atoms with Crippen LogP contribution in [0.2, 0.25) is 0 Å². The minimum Gasteiger partial charge on any atom is -0.497 e. The lowest BCUT2D eigenvalue weighted by Crippen LogP contribution is -2.14. The van der Waals surface area contributed by atoms with E-state index in [4.69, 9.17) is 4.74 Å². The first-order chi connectivity index (χ1) is 14.0. The van der Waals surface area contributed by atoms with E-state index in [1.54, 1.807) is 31.4 Å². The van der Waals surface area contributed by atoms with E-state index < -0.39 is 0 Å². The molecule has 0 radical (unpaired) electrons. The average Bonchev–Trinajstić information content (AvgIpc) is 2.74. The van der Waals surface area contributed by atoms with Gasteiger partial charge in [0.2, 0.25) is 11.8 Å². The molecule has 8 heteroatoms. The van der Waals surface area contributed by atoms with Crippen LogP contribution in [-0.2, 0) is 9.59 Å². The van der Waals surface area contributed by atoms with Gasteiger partial charge in [-0.05, 0) is 60.7 Å². The number of hydrogen-bond donors (Lipinski definition) is 2. The van der Waals surface area contributed by atoms with Gasteiger partial charge in [0.15, 0.2) is 0 Å². The van der Waals surface area contributed by atoms with Crippen LogP contribution in [0.1, 0.15) is 6.92 Å². The lowest BCUT2D eigenvalue weighted by molar-refractivity contribution is -0.114. The van der Waals surface area contributed by atoms with Crippen molar-refractivity contribution >= 4 is 35.0 Å². The van der Waals surface area contributed by atoms with E-state index in [1.165, 1.54) is 18.7 Å². The summed E-state index contributed by atoms with van der Waals surface area (Å²) in [5, 5.41) is 14.5. The monoisotopic (exact) mass is 408 g/mol. The standard InChI is InChI=1S/C21H20N4O3S/c1-14(26)22-16-5-7-17(8-6-16)23-20(27)13-29-21-12-11-19(24-25-21)15-3-9-18(28-2)10-4-15/h3-12H,13H2,1-2H3,(H,22,26)(H,23,27). The number of amides is 2. The number of anilines is 2. The fourth-order valence-corrected chi connectivity index (χ4v) is 3.10. The molecular formula is C21H20N4O3S. The predicted octanol–water partition coefficient (Wildman–Crippen LogP) is 3.84. The van der Waals surface area contributed by atoms with Gasteiger partial charge in [0.25, 0.3) is 0 Å². The van der Waals surface area contributed by atoms with Gasteiger partial charge in [-0.3, -0.25) is 9.59 Å². The van der Waals surface area contributed by atoms with Gasteiger partial charge in [0, 0.05) is 23.9 Å². The molecule has 3 aromatic rings. The molecule has 2 aromatic carbocycles. The molecular weight excluding hydrogens is 388 g/mol. The third-order valence-electron chi connectivity index (χ3n) is 3.87. The Bertz CT molecular complexity index is 974. The summed E-state index contributed by atoms with van der Waals surface area (Å²) in [6.45, 7) is 1.44. The summed E-state index contributed by atoms with van der Waals surface area (Å²) in [5.74, 6) is 0.703. The van der Waals surface area contributed by atoms with Gasteiger partial charge in [-0.2, -0.15) is 0 Å². The third kappa shape index (κ3) is 6.05. The summed E-state index contributed by atoms with van der Waals surface area (Å²) in [5.41, 5.74) is 3.03. The Morgan fingerprint density at radius 3 is 2.10 bits per heavy atom. The molecule has 2 N–H and O–H groups in total. The normalized spacial score (nSPS) is 10.3. The van der Waals surface area contributed by atoms with Gasteiger partial charge in [-0.25, -0.2) is 0 Å². The van der Waals surface area contributed by atoms with Crippen LogP contribution in [0.3, 0.4) is 0 Å². The van der Waals surface area contributed by atoms with Crippen LogP contribution in [0, 0.1) is 0 Å². The SMILES string of the molecule is COc1ccc(-c2ccc(SCC(=O)Nc3ccc(NC(C)=O)cc3)nn2)cc1. The Morgan fingerprint density at radius 1 is 0.897 bits per heavy atom. The van der Waals surface area contributed by atoms with Crippen LogP contribution >= 0.6 is 11.8 Å². The average molecular weight is 408 g/mol. The molecule has 0 saturated carbocycles. The molecule has 0 atom stereocenters. The predicted molar refractivity (Wildman–Crippen MR) is 114 cm³/mol. The van der Waals surface area contributed by atoms with E-state index in [9.17, 15) is 9.59 Å². The molecule has 0 unspecified atom stereocenters. The number of aromatic nitrogens is 2. The molecule has 29 heavy (non-hydrogen) atoms. The van der Waals surface area contributed by atoms with E-state index >= 15 is 0 Å². The van der Waals surface area contributed by atoms with Gasteiger partial charge in [-0.1, -0.05) is 11.8 Å². The van der Waals surface area contributed by atoms with Crippen molar-refractivity contribution in [2.24, 2.45) is 0 Å². The molecule has 3 rings (SSSR count). The second-order valence-electron chi connectivity index (χ2n) is 6.08. The third-order valence-corrected chi connectivity index (χ3v) is 4.79. The number of nitrogens with one attached hydrogen (secondary N) is 2. The molecule has 1 aromatic heterocycles. The number of nitrogens with zero attached hydrogens (tertiary/aromatic N) is 2. The number of carbonyl (C=O) groups is 2. The second-order valence-corrected chi connectivity index (χ2v) is 7.08. The quantitative estimate of drug-likeness (QED) is 0.577. The maximum atomic E-state index is 12.1. The first-order valence-electron chi connectivity index (χ1n) is 8.82. The molecule has 2 amide bonds. The maximum absolute atomic E-state index is 12.1. The fourth-order valence-electron chi connectivity index (χ4n) is 2.49. The van der Waals surface area contributed by atoms with Gasteiger partial charge < -0.3 is 15.4 Å². The molecule has 0 fully saturated rings. The van der Waals surface area contributed by atoms with E-state index in [-0.39, 0.29) is 17.6 Å². The van der Waals surface area contributed by atoms with Crippen molar-refractivity contribution in [3.8, 4) is 17.0 Å². The van der Waals surface area contributed by atoms with Crippen LogP contribution < -0.4 is 15.4 Å². The van der Waals surface area contributed by atoms with E-state index in [2.05, 4.69) is 20.8 Å². The highest BCUT2D eigenvalue weighted by Gasteiger charge is 2.07. The molecule has 0 aliphatic carbocycles. The highest BCUT2D eigenvalue weighted by molar-refractivity contribution is 7.99.